The quantitative estimate of drug-likeness (QED) is 0.564. The normalized spacial score (nSPS) is 20.5. The number of hydrogen-bond donors (Lipinski definition) is 2. The average molecular weight is 305 g/mol. The van der Waals surface area contributed by atoms with Crippen LogP contribution in [0.5, 0.6) is 0 Å². The molecule has 0 radical (unpaired) electrons. The molecule has 0 saturated carbocycles. The fourth-order valence-corrected chi connectivity index (χ4v) is 3.67. The standard InChI is InChI=1S/C18H28N2S/c1-3-13-21-18-11-7-6-10-17(18)20-15(2)14-16-9-5-4-8-12-19-16/h3,6-7,10-11,15-16,19-20H,1,4-5,8-9,12-14H2,2H3. The Hall–Kier alpha value is -0.930. The van der Waals surface area contributed by atoms with Crippen LogP contribution < -0.4 is 10.6 Å². The molecule has 21 heavy (non-hydrogen) atoms. The fourth-order valence-electron chi connectivity index (χ4n) is 2.91. The first-order valence-corrected chi connectivity index (χ1v) is 9.11. The summed E-state index contributed by atoms with van der Waals surface area (Å²) >= 11 is 1.84. The molecule has 1 saturated heterocycles. The van der Waals surface area contributed by atoms with Gasteiger partial charge in [0.2, 0.25) is 0 Å². The molecule has 2 unspecified atom stereocenters. The Kier molecular flexibility index (Phi) is 7.17. The summed E-state index contributed by atoms with van der Waals surface area (Å²) in [5.74, 6) is 0.956. The molecular weight excluding hydrogens is 276 g/mol. The number of para-hydroxylation sites is 1. The highest BCUT2D eigenvalue weighted by Crippen LogP contribution is 2.28. The zero-order chi connectivity index (χ0) is 14.9. The van der Waals surface area contributed by atoms with E-state index in [9.17, 15) is 0 Å². The van der Waals surface area contributed by atoms with Gasteiger partial charge in [-0.3, -0.25) is 0 Å². The third-order valence-electron chi connectivity index (χ3n) is 3.95. The fraction of sp³-hybridized carbons (Fsp3) is 0.556. The predicted octanol–water partition coefficient (Wildman–Crippen LogP) is 4.69. The van der Waals surface area contributed by atoms with E-state index in [1.165, 1.54) is 49.2 Å². The van der Waals surface area contributed by atoms with Crippen molar-refractivity contribution in [3.63, 3.8) is 0 Å². The van der Waals surface area contributed by atoms with Crippen molar-refractivity contribution in [1.29, 1.82) is 0 Å². The lowest BCUT2D eigenvalue weighted by molar-refractivity contribution is 0.456. The predicted molar refractivity (Wildman–Crippen MR) is 95.3 cm³/mol. The van der Waals surface area contributed by atoms with E-state index in [1.807, 2.05) is 17.8 Å². The van der Waals surface area contributed by atoms with Gasteiger partial charge in [-0.1, -0.05) is 31.1 Å². The van der Waals surface area contributed by atoms with E-state index in [1.54, 1.807) is 0 Å². The SMILES string of the molecule is C=CCSc1ccccc1NC(C)CC1CCCCCN1. The summed E-state index contributed by atoms with van der Waals surface area (Å²) in [6.45, 7) is 7.28. The van der Waals surface area contributed by atoms with E-state index in [0.717, 1.165) is 5.75 Å². The number of hydrogen-bond acceptors (Lipinski definition) is 3. The molecule has 1 heterocycles. The van der Waals surface area contributed by atoms with Crippen molar-refractivity contribution >= 4 is 17.4 Å². The van der Waals surface area contributed by atoms with Crippen LogP contribution in [0.1, 0.15) is 39.0 Å². The van der Waals surface area contributed by atoms with E-state index in [0.29, 0.717) is 12.1 Å². The van der Waals surface area contributed by atoms with Crippen LogP contribution in [0, 0.1) is 0 Å². The van der Waals surface area contributed by atoms with Gasteiger partial charge in [0.15, 0.2) is 0 Å². The Bertz CT molecular complexity index is 425. The number of rotatable bonds is 7. The van der Waals surface area contributed by atoms with Crippen LogP contribution in [-0.2, 0) is 0 Å². The summed E-state index contributed by atoms with van der Waals surface area (Å²) < 4.78 is 0. The third-order valence-corrected chi connectivity index (χ3v) is 5.02. The summed E-state index contributed by atoms with van der Waals surface area (Å²) in [4.78, 5) is 1.32. The van der Waals surface area contributed by atoms with Crippen molar-refractivity contribution in [2.75, 3.05) is 17.6 Å². The lowest BCUT2D eigenvalue weighted by atomic mass is 10.0. The van der Waals surface area contributed by atoms with Gasteiger partial charge in [-0.2, -0.15) is 0 Å². The van der Waals surface area contributed by atoms with Crippen LogP contribution in [-0.4, -0.2) is 24.4 Å². The Labute approximate surface area is 133 Å². The summed E-state index contributed by atoms with van der Waals surface area (Å²) in [5.41, 5.74) is 1.26. The van der Waals surface area contributed by atoms with Crippen molar-refractivity contribution in [2.45, 2.75) is 56.0 Å². The number of benzene rings is 1. The molecule has 2 rings (SSSR count). The molecule has 2 atom stereocenters. The zero-order valence-electron chi connectivity index (χ0n) is 13.1. The molecule has 0 spiro atoms. The molecular formula is C18H28N2S. The molecule has 1 aliphatic heterocycles. The molecule has 116 valence electrons. The Morgan fingerprint density at radius 2 is 2.24 bits per heavy atom. The van der Waals surface area contributed by atoms with Crippen LogP contribution in [0.15, 0.2) is 41.8 Å². The van der Waals surface area contributed by atoms with Crippen LogP contribution in [0.25, 0.3) is 0 Å². The number of thioether (sulfide) groups is 1. The van der Waals surface area contributed by atoms with Gasteiger partial charge in [0.05, 0.1) is 0 Å². The van der Waals surface area contributed by atoms with E-state index in [-0.39, 0.29) is 0 Å². The Morgan fingerprint density at radius 1 is 1.38 bits per heavy atom. The first kappa shape index (κ1) is 16.4. The van der Waals surface area contributed by atoms with Crippen LogP contribution in [0.4, 0.5) is 5.69 Å². The van der Waals surface area contributed by atoms with Gasteiger partial charge in [0, 0.05) is 28.4 Å². The molecule has 0 amide bonds. The minimum absolute atomic E-state index is 0.492. The van der Waals surface area contributed by atoms with E-state index in [4.69, 9.17) is 0 Å². The summed E-state index contributed by atoms with van der Waals surface area (Å²) in [6, 6.07) is 9.75. The molecule has 1 fully saturated rings. The van der Waals surface area contributed by atoms with Gasteiger partial charge >= 0.3 is 0 Å². The Morgan fingerprint density at radius 3 is 3.10 bits per heavy atom. The summed E-state index contributed by atoms with van der Waals surface area (Å²) in [6.07, 6.45) is 8.56. The highest BCUT2D eigenvalue weighted by atomic mass is 32.2. The number of nitrogens with one attached hydrogen (secondary N) is 2. The minimum atomic E-state index is 0.492. The van der Waals surface area contributed by atoms with Crippen molar-refractivity contribution in [2.24, 2.45) is 0 Å². The zero-order valence-corrected chi connectivity index (χ0v) is 13.9. The maximum Gasteiger partial charge on any atom is 0.0480 e. The molecule has 0 bridgehead atoms. The van der Waals surface area contributed by atoms with E-state index >= 15 is 0 Å². The second-order valence-corrected chi connectivity index (χ2v) is 6.94. The second kappa shape index (κ2) is 9.16. The minimum Gasteiger partial charge on any atom is -0.382 e. The van der Waals surface area contributed by atoms with Crippen molar-refractivity contribution in [1.82, 2.24) is 5.32 Å². The second-order valence-electron chi connectivity index (χ2n) is 5.88. The number of anilines is 1. The van der Waals surface area contributed by atoms with Gasteiger partial charge < -0.3 is 10.6 Å². The van der Waals surface area contributed by atoms with Crippen molar-refractivity contribution in [3.05, 3.63) is 36.9 Å². The van der Waals surface area contributed by atoms with Gasteiger partial charge in [-0.15, -0.1) is 18.3 Å². The highest BCUT2D eigenvalue weighted by molar-refractivity contribution is 7.99. The largest absolute Gasteiger partial charge is 0.382 e. The van der Waals surface area contributed by atoms with Gasteiger partial charge in [-0.05, 0) is 44.9 Å². The van der Waals surface area contributed by atoms with Crippen LogP contribution in [0.2, 0.25) is 0 Å². The molecule has 3 heteroatoms. The molecule has 2 nitrogen and oxygen atoms in total. The topological polar surface area (TPSA) is 24.1 Å². The molecule has 1 aromatic rings. The maximum absolute atomic E-state index is 3.80. The molecule has 0 aromatic heterocycles. The van der Waals surface area contributed by atoms with Gasteiger partial charge in [0.25, 0.3) is 0 Å². The Balaban J connectivity index is 1.89. The molecule has 2 N–H and O–H groups in total. The summed E-state index contributed by atoms with van der Waals surface area (Å²) in [5, 5.41) is 7.38. The van der Waals surface area contributed by atoms with Gasteiger partial charge in [0.1, 0.15) is 0 Å². The maximum atomic E-state index is 3.80. The first-order chi connectivity index (χ1) is 10.3. The monoisotopic (exact) mass is 304 g/mol. The van der Waals surface area contributed by atoms with Crippen molar-refractivity contribution in [3.8, 4) is 0 Å². The van der Waals surface area contributed by atoms with Crippen molar-refractivity contribution < 1.29 is 0 Å². The molecule has 0 aliphatic carbocycles. The smallest absolute Gasteiger partial charge is 0.0480 e. The average Bonchev–Trinajstić information content (AvgIpc) is 2.75. The molecule has 1 aliphatic rings. The lowest BCUT2D eigenvalue weighted by Crippen LogP contribution is -2.33. The first-order valence-electron chi connectivity index (χ1n) is 8.12. The third kappa shape index (κ3) is 5.76. The van der Waals surface area contributed by atoms with E-state index in [2.05, 4.69) is 48.4 Å². The highest BCUT2D eigenvalue weighted by Gasteiger charge is 2.15. The lowest BCUT2D eigenvalue weighted by Gasteiger charge is -2.23. The summed E-state index contributed by atoms with van der Waals surface area (Å²) in [7, 11) is 0. The van der Waals surface area contributed by atoms with Crippen LogP contribution in [0.3, 0.4) is 0 Å². The molecule has 1 aromatic carbocycles. The van der Waals surface area contributed by atoms with Gasteiger partial charge in [-0.25, -0.2) is 0 Å². The van der Waals surface area contributed by atoms with Crippen LogP contribution >= 0.6 is 11.8 Å². The van der Waals surface area contributed by atoms with E-state index < -0.39 is 0 Å².